The number of nitrogens with zero attached hydrogens (tertiary/aromatic N) is 2. The van der Waals surface area contributed by atoms with Gasteiger partial charge in [0.05, 0.1) is 17.9 Å². The predicted octanol–water partition coefficient (Wildman–Crippen LogP) is 0.814. The van der Waals surface area contributed by atoms with Crippen LogP contribution in [0.4, 0.5) is 0 Å². The van der Waals surface area contributed by atoms with Gasteiger partial charge in [0, 0.05) is 19.0 Å². The Morgan fingerprint density at radius 3 is 2.68 bits per heavy atom. The van der Waals surface area contributed by atoms with E-state index in [2.05, 4.69) is 6.08 Å². The van der Waals surface area contributed by atoms with Gasteiger partial charge < -0.3 is 9.84 Å². The number of sulfone groups is 1. The molecule has 6 nitrogen and oxygen atoms in total. The Labute approximate surface area is 131 Å². The van der Waals surface area contributed by atoms with Gasteiger partial charge in [-0.25, -0.2) is 8.42 Å². The van der Waals surface area contributed by atoms with E-state index in [1.807, 2.05) is 18.2 Å². The van der Waals surface area contributed by atoms with Gasteiger partial charge in [0.25, 0.3) is 0 Å². The standard InChI is InChI=1S/C15H22N2O4S/c16-8-11-22(19,20)14-6-9-17(10-7-14)15(18)21-12-13-4-2-1-3-5-13/h1-4,13-15,18H,5-7,9-12H2. The Hall–Kier alpha value is -1.20. The van der Waals surface area contributed by atoms with E-state index in [9.17, 15) is 13.5 Å². The fourth-order valence-corrected chi connectivity index (χ4v) is 4.08. The molecule has 7 heteroatoms. The van der Waals surface area contributed by atoms with Gasteiger partial charge >= 0.3 is 0 Å². The van der Waals surface area contributed by atoms with Crippen LogP contribution in [0.15, 0.2) is 24.3 Å². The van der Waals surface area contributed by atoms with Crippen LogP contribution < -0.4 is 0 Å². The van der Waals surface area contributed by atoms with Crippen LogP contribution in [0.25, 0.3) is 0 Å². The third kappa shape index (κ3) is 4.65. The highest BCUT2D eigenvalue weighted by molar-refractivity contribution is 7.92. The first-order chi connectivity index (χ1) is 10.5. The lowest BCUT2D eigenvalue weighted by atomic mass is 10.0. The van der Waals surface area contributed by atoms with Gasteiger partial charge in [-0.05, 0) is 19.3 Å². The Morgan fingerprint density at radius 1 is 1.36 bits per heavy atom. The fourth-order valence-electron chi connectivity index (χ4n) is 2.73. The smallest absolute Gasteiger partial charge is 0.216 e. The molecule has 22 heavy (non-hydrogen) atoms. The molecule has 1 saturated heterocycles. The average Bonchev–Trinajstić information content (AvgIpc) is 2.54. The lowest BCUT2D eigenvalue weighted by Crippen LogP contribution is -2.46. The number of piperidine rings is 1. The third-order valence-corrected chi connectivity index (χ3v) is 6.11. The van der Waals surface area contributed by atoms with E-state index in [0.717, 1.165) is 6.42 Å². The van der Waals surface area contributed by atoms with Crippen LogP contribution in [0.5, 0.6) is 0 Å². The molecule has 1 aliphatic heterocycles. The van der Waals surface area contributed by atoms with Crippen molar-refractivity contribution in [2.45, 2.75) is 30.9 Å². The Morgan fingerprint density at radius 2 is 2.09 bits per heavy atom. The second kappa shape index (κ2) is 7.88. The number of ether oxygens (including phenoxy) is 1. The zero-order valence-corrected chi connectivity index (χ0v) is 13.3. The molecule has 1 heterocycles. The number of aliphatic hydroxyl groups is 1. The van der Waals surface area contributed by atoms with Crippen LogP contribution >= 0.6 is 0 Å². The van der Waals surface area contributed by atoms with Gasteiger partial charge in [-0.3, -0.25) is 4.90 Å². The minimum atomic E-state index is -3.34. The first kappa shape index (κ1) is 17.2. The summed E-state index contributed by atoms with van der Waals surface area (Å²) in [5, 5.41) is 18.1. The van der Waals surface area contributed by atoms with Crippen LogP contribution in [0.1, 0.15) is 19.3 Å². The van der Waals surface area contributed by atoms with Gasteiger partial charge in [-0.1, -0.05) is 24.3 Å². The lowest BCUT2D eigenvalue weighted by Gasteiger charge is -2.34. The van der Waals surface area contributed by atoms with E-state index in [4.69, 9.17) is 10.00 Å². The molecule has 2 unspecified atom stereocenters. The van der Waals surface area contributed by atoms with Crippen molar-refractivity contribution in [3.63, 3.8) is 0 Å². The molecular formula is C15H22N2O4S. The van der Waals surface area contributed by atoms with Crippen molar-refractivity contribution in [2.24, 2.45) is 5.92 Å². The molecule has 122 valence electrons. The first-order valence-corrected chi connectivity index (χ1v) is 9.20. The van der Waals surface area contributed by atoms with Crippen molar-refractivity contribution >= 4 is 9.84 Å². The molecule has 1 N–H and O–H groups in total. The number of aliphatic hydroxyl groups excluding tert-OH is 1. The van der Waals surface area contributed by atoms with Crippen molar-refractivity contribution in [1.29, 1.82) is 5.26 Å². The van der Waals surface area contributed by atoms with Crippen LogP contribution in [-0.4, -0.2) is 55.5 Å². The molecule has 1 fully saturated rings. The van der Waals surface area contributed by atoms with Crippen LogP contribution in [0.3, 0.4) is 0 Å². The minimum absolute atomic E-state index is 0.271. The summed E-state index contributed by atoms with van der Waals surface area (Å²) in [5.74, 6) is -0.161. The number of hydrogen-bond donors (Lipinski definition) is 1. The van der Waals surface area contributed by atoms with E-state index in [-0.39, 0.29) is 5.92 Å². The van der Waals surface area contributed by atoms with Crippen molar-refractivity contribution in [3.8, 4) is 6.07 Å². The van der Waals surface area contributed by atoms with Gasteiger partial charge in [0.2, 0.25) is 6.41 Å². The summed E-state index contributed by atoms with van der Waals surface area (Å²) in [7, 11) is -3.34. The van der Waals surface area contributed by atoms with E-state index in [0.29, 0.717) is 32.5 Å². The second-order valence-electron chi connectivity index (χ2n) is 5.67. The van der Waals surface area contributed by atoms with Gasteiger partial charge in [-0.15, -0.1) is 0 Å². The molecule has 0 radical (unpaired) electrons. The molecule has 0 aromatic carbocycles. The summed E-state index contributed by atoms with van der Waals surface area (Å²) in [5.41, 5.74) is 0. The Bertz CT molecular complexity index is 557. The Balaban J connectivity index is 1.75. The number of nitriles is 1. The molecule has 0 bridgehead atoms. The van der Waals surface area contributed by atoms with E-state index in [1.54, 1.807) is 11.0 Å². The van der Waals surface area contributed by atoms with E-state index in [1.165, 1.54) is 0 Å². The molecule has 0 saturated carbocycles. The SMILES string of the molecule is N#CCS(=O)(=O)C1CCN(C(O)OCC2C=CC=CC2)CC1. The van der Waals surface area contributed by atoms with Gasteiger partial charge in [0.1, 0.15) is 5.75 Å². The zero-order valence-electron chi connectivity index (χ0n) is 12.5. The highest BCUT2D eigenvalue weighted by Crippen LogP contribution is 2.20. The number of hydrogen-bond acceptors (Lipinski definition) is 6. The first-order valence-electron chi connectivity index (χ1n) is 7.48. The van der Waals surface area contributed by atoms with Crippen molar-refractivity contribution in [3.05, 3.63) is 24.3 Å². The van der Waals surface area contributed by atoms with Crippen molar-refractivity contribution < 1.29 is 18.3 Å². The molecule has 0 spiro atoms. The number of allylic oxidation sites excluding steroid dienone is 3. The summed E-state index contributed by atoms with van der Waals surface area (Å²) < 4.78 is 29.2. The summed E-state index contributed by atoms with van der Waals surface area (Å²) in [6.07, 6.45) is 8.82. The highest BCUT2D eigenvalue weighted by Gasteiger charge is 2.32. The molecule has 0 amide bonds. The predicted molar refractivity (Wildman–Crippen MR) is 82.3 cm³/mol. The quantitative estimate of drug-likeness (QED) is 0.727. The fraction of sp³-hybridized carbons (Fsp3) is 0.667. The average molecular weight is 326 g/mol. The summed E-state index contributed by atoms with van der Waals surface area (Å²) in [6.45, 7) is 1.35. The van der Waals surface area contributed by atoms with E-state index < -0.39 is 27.3 Å². The molecule has 2 atom stereocenters. The van der Waals surface area contributed by atoms with Crippen LogP contribution in [-0.2, 0) is 14.6 Å². The molecule has 2 aliphatic rings. The third-order valence-electron chi connectivity index (χ3n) is 4.09. The van der Waals surface area contributed by atoms with Crippen LogP contribution in [0, 0.1) is 17.2 Å². The summed E-state index contributed by atoms with van der Waals surface area (Å²) in [4.78, 5) is 1.74. The van der Waals surface area contributed by atoms with Crippen molar-refractivity contribution in [1.82, 2.24) is 4.90 Å². The maximum Gasteiger partial charge on any atom is 0.216 e. The molecule has 1 aliphatic carbocycles. The highest BCUT2D eigenvalue weighted by atomic mass is 32.2. The molecule has 0 aromatic heterocycles. The van der Waals surface area contributed by atoms with Gasteiger partial charge in [0.15, 0.2) is 9.84 Å². The number of rotatable bonds is 6. The normalized spacial score (nSPS) is 25.0. The van der Waals surface area contributed by atoms with E-state index >= 15 is 0 Å². The monoisotopic (exact) mass is 326 g/mol. The van der Waals surface area contributed by atoms with Gasteiger partial charge in [-0.2, -0.15) is 5.26 Å². The Kier molecular flexibility index (Phi) is 6.15. The zero-order chi connectivity index (χ0) is 16.0. The molecule has 0 aromatic rings. The summed E-state index contributed by atoms with van der Waals surface area (Å²) in [6, 6.07) is 1.71. The maximum atomic E-state index is 11.8. The largest absolute Gasteiger partial charge is 0.356 e. The second-order valence-corrected chi connectivity index (χ2v) is 7.95. The minimum Gasteiger partial charge on any atom is -0.356 e. The maximum absolute atomic E-state index is 11.8. The summed E-state index contributed by atoms with van der Waals surface area (Å²) >= 11 is 0. The van der Waals surface area contributed by atoms with Crippen molar-refractivity contribution in [2.75, 3.05) is 25.4 Å². The number of likely N-dealkylation sites (tertiary alicyclic amines) is 1. The molecular weight excluding hydrogens is 304 g/mol. The lowest BCUT2D eigenvalue weighted by molar-refractivity contribution is -0.200. The molecule has 2 rings (SSSR count). The topological polar surface area (TPSA) is 90.6 Å². The van der Waals surface area contributed by atoms with Crippen LogP contribution in [0.2, 0.25) is 0 Å².